The van der Waals surface area contributed by atoms with Crippen LogP contribution >= 0.6 is 23.1 Å². The van der Waals surface area contributed by atoms with Crippen LogP contribution in [0.15, 0.2) is 34.2 Å². The van der Waals surface area contributed by atoms with Crippen LogP contribution < -0.4 is 15.2 Å². The van der Waals surface area contributed by atoms with Gasteiger partial charge < -0.3 is 9.64 Å². The van der Waals surface area contributed by atoms with Crippen LogP contribution in [0, 0.1) is 0 Å². The first-order valence-corrected chi connectivity index (χ1v) is 11.6. The number of fused-ring (bicyclic) bond motifs is 2. The highest BCUT2D eigenvalue weighted by atomic mass is 32.2. The van der Waals surface area contributed by atoms with Gasteiger partial charge in [-0.25, -0.2) is 4.98 Å². The van der Waals surface area contributed by atoms with E-state index in [1.807, 2.05) is 19.2 Å². The minimum absolute atomic E-state index is 0.122. The summed E-state index contributed by atoms with van der Waals surface area (Å²) in [7, 11) is 1.66. The number of hydrogen-bond acceptors (Lipinski definition) is 7. The SMILES string of the molecule is CCc1cc2c(=O)n(CC(=O)c3ccc4c(c3)N(C)C(=O)C(C)O4)c(SC)nc2s1. The van der Waals surface area contributed by atoms with Crippen LogP contribution in [0.2, 0.25) is 0 Å². The Kier molecular flexibility index (Phi) is 5.42. The third kappa shape index (κ3) is 3.41. The molecule has 0 radical (unpaired) electrons. The molecule has 0 saturated heterocycles. The summed E-state index contributed by atoms with van der Waals surface area (Å²) in [6.45, 7) is 3.60. The zero-order valence-corrected chi connectivity index (χ0v) is 18.7. The largest absolute Gasteiger partial charge is 0.479 e. The Morgan fingerprint density at radius 2 is 2.07 bits per heavy atom. The van der Waals surface area contributed by atoms with E-state index in [-0.39, 0.29) is 23.8 Å². The number of likely N-dealkylation sites (N-methyl/N-ethyl adjacent to an activating group) is 1. The third-order valence-electron chi connectivity index (χ3n) is 5.12. The van der Waals surface area contributed by atoms with Crippen molar-refractivity contribution in [1.82, 2.24) is 9.55 Å². The summed E-state index contributed by atoms with van der Waals surface area (Å²) in [5.41, 5.74) is 0.738. The number of ketones is 1. The van der Waals surface area contributed by atoms with E-state index in [0.29, 0.717) is 32.4 Å². The molecule has 3 heterocycles. The van der Waals surface area contributed by atoms with Gasteiger partial charge in [0.05, 0.1) is 17.6 Å². The van der Waals surface area contributed by atoms with Crippen LogP contribution in [-0.4, -0.2) is 40.6 Å². The number of anilines is 1. The van der Waals surface area contributed by atoms with Crippen molar-refractivity contribution in [3.05, 3.63) is 45.1 Å². The summed E-state index contributed by atoms with van der Waals surface area (Å²) in [5.74, 6) is 0.144. The predicted octanol–water partition coefficient (Wildman–Crippen LogP) is 3.37. The van der Waals surface area contributed by atoms with Crippen molar-refractivity contribution in [3.63, 3.8) is 0 Å². The molecule has 0 N–H and O–H groups in total. The lowest BCUT2D eigenvalue weighted by atomic mass is 10.1. The molecule has 1 aromatic carbocycles. The fourth-order valence-electron chi connectivity index (χ4n) is 3.44. The fraction of sp³-hybridized carbons (Fsp3) is 0.333. The number of hydrogen-bond donors (Lipinski definition) is 0. The molecule has 0 fully saturated rings. The molecule has 30 heavy (non-hydrogen) atoms. The van der Waals surface area contributed by atoms with Gasteiger partial charge in [-0.15, -0.1) is 11.3 Å². The van der Waals surface area contributed by atoms with Crippen LogP contribution in [0.5, 0.6) is 5.75 Å². The number of nitrogens with zero attached hydrogens (tertiary/aromatic N) is 3. The average Bonchev–Trinajstić information content (AvgIpc) is 3.17. The Bertz CT molecular complexity index is 1230. The average molecular weight is 444 g/mol. The first kappa shape index (κ1) is 20.6. The number of benzene rings is 1. The molecule has 3 aromatic rings. The van der Waals surface area contributed by atoms with Crippen molar-refractivity contribution < 1.29 is 14.3 Å². The minimum atomic E-state index is -0.566. The highest BCUT2D eigenvalue weighted by Crippen LogP contribution is 2.34. The lowest BCUT2D eigenvalue weighted by Gasteiger charge is -2.30. The number of carbonyl (C=O) groups excluding carboxylic acids is 2. The first-order chi connectivity index (χ1) is 14.3. The summed E-state index contributed by atoms with van der Waals surface area (Å²) in [4.78, 5) is 46.2. The maximum atomic E-state index is 13.1. The number of amides is 1. The molecule has 1 unspecified atom stereocenters. The van der Waals surface area contributed by atoms with Gasteiger partial charge in [-0.05, 0) is 43.9 Å². The maximum Gasteiger partial charge on any atom is 0.267 e. The van der Waals surface area contributed by atoms with E-state index in [1.165, 1.54) is 32.6 Å². The number of carbonyl (C=O) groups is 2. The van der Waals surface area contributed by atoms with Crippen molar-refractivity contribution in [3.8, 4) is 5.75 Å². The van der Waals surface area contributed by atoms with Gasteiger partial charge in [0.15, 0.2) is 17.0 Å². The minimum Gasteiger partial charge on any atom is -0.479 e. The van der Waals surface area contributed by atoms with E-state index in [9.17, 15) is 14.4 Å². The molecule has 0 spiro atoms. The van der Waals surface area contributed by atoms with E-state index < -0.39 is 6.10 Å². The molecule has 2 aromatic heterocycles. The molecule has 1 atom stereocenters. The standard InChI is InChI=1S/C21H21N3O4S2/c1-5-13-9-14-18(30-13)22-21(29-4)24(20(14)27)10-16(25)12-6-7-17-15(8-12)23(3)19(26)11(2)28-17/h6-9,11H,5,10H2,1-4H3. The van der Waals surface area contributed by atoms with E-state index in [2.05, 4.69) is 4.98 Å². The molecule has 1 amide bonds. The maximum absolute atomic E-state index is 13.1. The van der Waals surface area contributed by atoms with E-state index in [1.54, 1.807) is 32.2 Å². The number of Topliss-reactive ketones (excluding diaryl/α,β-unsaturated/α-hetero) is 1. The molecule has 156 valence electrons. The van der Waals surface area contributed by atoms with Gasteiger partial charge in [-0.1, -0.05) is 18.7 Å². The van der Waals surface area contributed by atoms with E-state index >= 15 is 0 Å². The van der Waals surface area contributed by atoms with Crippen molar-refractivity contribution in [1.29, 1.82) is 0 Å². The molecule has 0 saturated carbocycles. The van der Waals surface area contributed by atoms with Gasteiger partial charge in [-0.2, -0.15) is 0 Å². The molecule has 1 aliphatic heterocycles. The molecule has 9 heteroatoms. The number of ether oxygens (including phenoxy) is 1. The Morgan fingerprint density at radius 1 is 1.30 bits per heavy atom. The summed E-state index contributed by atoms with van der Waals surface area (Å²) >= 11 is 2.84. The Morgan fingerprint density at radius 3 is 2.77 bits per heavy atom. The number of thiophene rings is 1. The third-order valence-corrected chi connectivity index (χ3v) is 6.97. The van der Waals surface area contributed by atoms with Gasteiger partial charge in [-0.3, -0.25) is 19.0 Å². The monoisotopic (exact) mass is 443 g/mol. The van der Waals surface area contributed by atoms with Crippen LogP contribution in [-0.2, 0) is 17.8 Å². The second kappa shape index (κ2) is 7.88. The van der Waals surface area contributed by atoms with Crippen molar-refractivity contribution in [2.45, 2.75) is 38.1 Å². The van der Waals surface area contributed by atoms with Gasteiger partial charge in [0, 0.05) is 17.5 Å². The van der Waals surface area contributed by atoms with Gasteiger partial charge in [0.1, 0.15) is 10.6 Å². The zero-order chi connectivity index (χ0) is 21.6. The summed E-state index contributed by atoms with van der Waals surface area (Å²) in [5, 5.41) is 1.05. The topological polar surface area (TPSA) is 81.5 Å². The van der Waals surface area contributed by atoms with Crippen molar-refractivity contribution in [2.24, 2.45) is 0 Å². The first-order valence-electron chi connectivity index (χ1n) is 9.52. The Balaban J connectivity index is 1.71. The molecule has 0 aliphatic carbocycles. The molecule has 7 nitrogen and oxygen atoms in total. The molecule has 1 aliphatic rings. The highest BCUT2D eigenvalue weighted by Gasteiger charge is 2.29. The van der Waals surface area contributed by atoms with Crippen molar-refractivity contribution in [2.75, 3.05) is 18.2 Å². The number of rotatable bonds is 5. The quantitative estimate of drug-likeness (QED) is 0.342. The van der Waals surface area contributed by atoms with Crippen LogP contribution in [0.3, 0.4) is 0 Å². The van der Waals surface area contributed by atoms with Gasteiger partial charge >= 0.3 is 0 Å². The predicted molar refractivity (Wildman–Crippen MR) is 119 cm³/mol. The second-order valence-corrected chi connectivity index (χ2v) is 8.93. The second-order valence-electron chi connectivity index (χ2n) is 7.04. The Hall–Kier alpha value is -2.65. The molecule has 0 bridgehead atoms. The summed E-state index contributed by atoms with van der Waals surface area (Å²) in [6, 6.07) is 6.84. The lowest BCUT2D eigenvalue weighted by Crippen LogP contribution is -2.42. The highest BCUT2D eigenvalue weighted by molar-refractivity contribution is 7.98. The van der Waals surface area contributed by atoms with E-state index in [4.69, 9.17) is 4.74 Å². The Labute approximate surface area is 181 Å². The van der Waals surface area contributed by atoms with Crippen LogP contribution in [0.1, 0.15) is 29.1 Å². The molecular weight excluding hydrogens is 422 g/mol. The smallest absolute Gasteiger partial charge is 0.267 e. The lowest BCUT2D eigenvalue weighted by molar-refractivity contribution is -0.125. The number of aromatic nitrogens is 2. The molecule has 4 rings (SSSR count). The van der Waals surface area contributed by atoms with Gasteiger partial charge in [0.2, 0.25) is 0 Å². The number of thioether (sulfide) groups is 1. The zero-order valence-electron chi connectivity index (χ0n) is 17.1. The number of aryl methyl sites for hydroxylation is 1. The van der Waals surface area contributed by atoms with E-state index in [0.717, 1.165) is 11.3 Å². The normalized spacial score (nSPS) is 15.9. The van der Waals surface area contributed by atoms with Crippen LogP contribution in [0.25, 0.3) is 10.2 Å². The van der Waals surface area contributed by atoms with Gasteiger partial charge in [0.25, 0.3) is 11.5 Å². The van der Waals surface area contributed by atoms with Crippen LogP contribution in [0.4, 0.5) is 5.69 Å². The summed E-state index contributed by atoms with van der Waals surface area (Å²) < 4.78 is 7.04. The van der Waals surface area contributed by atoms with Crippen molar-refractivity contribution >= 4 is 50.7 Å². The fourth-order valence-corrected chi connectivity index (χ4v) is 5.00. The molecular formula is C21H21N3O4S2. The summed E-state index contributed by atoms with van der Waals surface area (Å²) in [6.07, 6.45) is 2.10.